The average molecular weight is 237 g/mol. The topological polar surface area (TPSA) is 118 Å². The normalized spacial score (nSPS) is 10.2. The van der Waals surface area contributed by atoms with Crippen molar-refractivity contribution in [2.24, 2.45) is 5.11 Å². The van der Waals surface area contributed by atoms with Crippen molar-refractivity contribution in [3.05, 3.63) is 50.1 Å². The molecule has 7 nitrogen and oxygen atoms in total. The molecule has 0 saturated heterocycles. The number of nitrogens with two attached hydrogens (primary N) is 1. The fourth-order valence-corrected chi connectivity index (χ4v) is 1.14. The van der Waals surface area contributed by atoms with Crippen molar-refractivity contribution < 1.29 is 9.31 Å². The number of halogens is 1. The number of hydrogen-bond donors (Lipinski definition) is 1. The van der Waals surface area contributed by atoms with E-state index in [4.69, 9.17) is 11.3 Å². The lowest BCUT2D eigenvalue weighted by molar-refractivity contribution is -0.383. The van der Waals surface area contributed by atoms with Gasteiger partial charge in [-0.05, 0) is 5.53 Å². The Labute approximate surface area is 95.1 Å². The molecule has 0 aliphatic rings. The van der Waals surface area contributed by atoms with E-state index < -0.39 is 10.7 Å². The molecule has 0 radical (unpaired) electrons. The van der Waals surface area contributed by atoms with Crippen LogP contribution in [0.25, 0.3) is 16.5 Å². The maximum Gasteiger partial charge on any atom is 0.292 e. The van der Waals surface area contributed by atoms with E-state index in [1.54, 1.807) is 0 Å². The number of nitro benzene ring substituents is 1. The van der Waals surface area contributed by atoms with Gasteiger partial charge in [0.2, 0.25) is 0 Å². The maximum atomic E-state index is 13.3. The van der Waals surface area contributed by atoms with E-state index in [0.717, 1.165) is 12.1 Å². The molecule has 1 rings (SSSR count). The van der Waals surface area contributed by atoms with Crippen molar-refractivity contribution in [1.29, 1.82) is 0 Å². The molecule has 0 unspecified atom stereocenters. The minimum absolute atomic E-state index is 0.0130. The molecule has 0 bridgehead atoms. The molecule has 0 aliphatic heterocycles. The molecule has 88 valence electrons. The number of nitrogens with zero attached hydrogens (tertiary/aromatic N) is 4. The second-order valence-corrected chi connectivity index (χ2v) is 3.01. The van der Waals surface area contributed by atoms with Gasteiger partial charge in [-0.1, -0.05) is 17.3 Å². The van der Waals surface area contributed by atoms with Crippen molar-refractivity contribution in [2.45, 2.75) is 0 Å². The highest BCUT2D eigenvalue weighted by Gasteiger charge is 2.14. The molecule has 0 spiro atoms. The van der Waals surface area contributed by atoms with Crippen LogP contribution in [0.15, 0.2) is 23.3 Å². The molecule has 1 aromatic rings. The van der Waals surface area contributed by atoms with Crippen LogP contribution in [0.1, 0.15) is 5.56 Å². The van der Waals surface area contributed by atoms with Gasteiger partial charge in [-0.2, -0.15) is 0 Å². The zero-order chi connectivity index (χ0) is 12.8. The van der Waals surface area contributed by atoms with Gasteiger partial charge in [0, 0.05) is 29.2 Å². The van der Waals surface area contributed by atoms with Crippen LogP contribution in [0.3, 0.4) is 0 Å². The first-order valence-corrected chi connectivity index (χ1v) is 4.47. The fourth-order valence-electron chi connectivity index (χ4n) is 1.14. The van der Waals surface area contributed by atoms with E-state index >= 15 is 0 Å². The van der Waals surface area contributed by atoms with Crippen molar-refractivity contribution in [2.75, 3.05) is 12.3 Å². The van der Waals surface area contributed by atoms with Crippen LogP contribution >= 0.6 is 0 Å². The van der Waals surface area contributed by atoms with Crippen LogP contribution in [0.2, 0.25) is 0 Å². The van der Waals surface area contributed by atoms with Crippen molar-refractivity contribution in [3.8, 4) is 0 Å². The Bertz CT molecular complexity index is 522. The molecule has 0 fully saturated rings. The van der Waals surface area contributed by atoms with Gasteiger partial charge in [0.05, 0.1) is 4.92 Å². The molecule has 2 N–H and O–H groups in total. The Kier molecular flexibility index (Phi) is 4.02. The third-order valence-corrected chi connectivity index (χ3v) is 1.89. The number of azide groups is 1. The van der Waals surface area contributed by atoms with Crippen LogP contribution in [0, 0.1) is 15.9 Å². The molecule has 17 heavy (non-hydrogen) atoms. The molecule has 0 atom stereocenters. The third kappa shape index (κ3) is 3.18. The summed E-state index contributed by atoms with van der Waals surface area (Å²) in [7, 11) is 0. The molecular weight excluding hydrogens is 229 g/mol. The van der Waals surface area contributed by atoms with Crippen LogP contribution in [-0.4, -0.2) is 11.5 Å². The summed E-state index contributed by atoms with van der Waals surface area (Å²) in [5, 5.41) is 13.8. The molecular formula is C9H8FN5O2. The summed E-state index contributed by atoms with van der Waals surface area (Å²) < 4.78 is 13.3. The molecule has 0 aromatic heterocycles. The quantitative estimate of drug-likeness (QED) is 0.216. The third-order valence-electron chi connectivity index (χ3n) is 1.89. The second kappa shape index (κ2) is 5.47. The number of nitro groups is 1. The zero-order valence-corrected chi connectivity index (χ0v) is 8.58. The number of nitrogen functional groups attached to an aromatic ring is 1. The Balaban J connectivity index is 3.07. The summed E-state index contributed by atoms with van der Waals surface area (Å²) in [6.45, 7) is 0.0358. The predicted octanol–water partition coefficient (Wildman–Crippen LogP) is 2.64. The minimum Gasteiger partial charge on any atom is -0.393 e. The lowest BCUT2D eigenvalue weighted by Gasteiger charge is -2.00. The Morgan fingerprint density at radius 1 is 1.65 bits per heavy atom. The number of benzene rings is 1. The zero-order valence-electron chi connectivity index (χ0n) is 8.58. The standard InChI is InChI=1S/C9H8FN5O2/c10-7-5-8(11)9(15(16)17)4-6(7)2-1-3-13-14-12/h1-2,4-5H,3,11H2. The first kappa shape index (κ1) is 12.5. The first-order valence-electron chi connectivity index (χ1n) is 4.47. The van der Waals surface area contributed by atoms with E-state index in [2.05, 4.69) is 10.0 Å². The van der Waals surface area contributed by atoms with Gasteiger partial charge >= 0.3 is 0 Å². The minimum atomic E-state index is -0.695. The van der Waals surface area contributed by atoms with Crippen LogP contribution in [0.4, 0.5) is 15.8 Å². The largest absolute Gasteiger partial charge is 0.393 e. The molecule has 1 aromatic carbocycles. The number of hydrogen-bond acceptors (Lipinski definition) is 4. The maximum absolute atomic E-state index is 13.3. The van der Waals surface area contributed by atoms with Gasteiger partial charge < -0.3 is 5.73 Å². The lowest BCUT2D eigenvalue weighted by atomic mass is 10.1. The van der Waals surface area contributed by atoms with Gasteiger partial charge in [-0.3, -0.25) is 10.1 Å². The molecule has 8 heteroatoms. The summed E-state index contributed by atoms with van der Waals surface area (Å²) >= 11 is 0. The van der Waals surface area contributed by atoms with Crippen molar-refractivity contribution in [1.82, 2.24) is 0 Å². The summed E-state index contributed by atoms with van der Waals surface area (Å²) in [5.41, 5.74) is 12.7. The first-order chi connectivity index (χ1) is 8.06. The van der Waals surface area contributed by atoms with E-state index in [9.17, 15) is 14.5 Å². The highest BCUT2D eigenvalue weighted by molar-refractivity contribution is 5.65. The van der Waals surface area contributed by atoms with Crippen LogP contribution in [-0.2, 0) is 0 Å². The SMILES string of the molecule is [N-]=[N+]=NCC=Cc1cc([N+](=O)[O-])c(N)cc1F. The monoisotopic (exact) mass is 237 g/mol. The van der Waals surface area contributed by atoms with Gasteiger partial charge in [0.25, 0.3) is 5.69 Å². The molecule has 0 saturated carbocycles. The van der Waals surface area contributed by atoms with Gasteiger partial charge in [0.1, 0.15) is 11.5 Å². The summed E-state index contributed by atoms with van der Waals surface area (Å²) in [4.78, 5) is 12.4. The van der Waals surface area contributed by atoms with Crippen molar-refractivity contribution in [3.63, 3.8) is 0 Å². The van der Waals surface area contributed by atoms with E-state index in [-0.39, 0.29) is 23.5 Å². The van der Waals surface area contributed by atoms with Gasteiger partial charge in [-0.25, -0.2) is 4.39 Å². The molecule has 0 amide bonds. The average Bonchev–Trinajstić information content (AvgIpc) is 2.26. The lowest BCUT2D eigenvalue weighted by Crippen LogP contribution is -1.98. The highest BCUT2D eigenvalue weighted by atomic mass is 19.1. The summed E-state index contributed by atoms with van der Waals surface area (Å²) in [5.74, 6) is -0.676. The summed E-state index contributed by atoms with van der Waals surface area (Å²) in [6.07, 6.45) is 2.68. The highest BCUT2D eigenvalue weighted by Crippen LogP contribution is 2.25. The summed E-state index contributed by atoms with van der Waals surface area (Å²) in [6, 6.07) is 1.91. The Morgan fingerprint density at radius 2 is 2.35 bits per heavy atom. The number of anilines is 1. The predicted molar refractivity (Wildman–Crippen MR) is 60.5 cm³/mol. The molecule has 0 heterocycles. The van der Waals surface area contributed by atoms with Crippen LogP contribution < -0.4 is 5.73 Å². The Hall–Kier alpha value is -2.60. The van der Waals surface area contributed by atoms with E-state index in [0.29, 0.717) is 0 Å². The van der Waals surface area contributed by atoms with E-state index in [1.807, 2.05) is 0 Å². The smallest absolute Gasteiger partial charge is 0.292 e. The second-order valence-electron chi connectivity index (χ2n) is 3.01. The fraction of sp³-hybridized carbons (Fsp3) is 0.111. The molecule has 0 aliphatic carbocycles. The van der Waals surface area contributed by atoms with Gasteiger partial charge in [-0.15, -0.1) is 0 Å². The van der Waals surface area contributed by atoms with Crippen LogP contribution in [0.5, 0.6) is 0 Å². The van der Waals surface area contributed by atoms with E-state index in [1.165, 1.54) is 12.2 Å². The van der Waals surface area contributed by atoms with Crippen molar-refractivity contribution >= 4 is 17.5 Å². The Morgan fingerprint density at radius 3 is 2.94 bits per heavy atom. The number of rotatable bonds is 4. The van der Waals surface area contributed by atoms with Gasteiger partial charge in [0.15, 0.2) is 0 Å².